The number of carbonyl (C=O) groups is 1. The second-order valence-electron chi connectivity index (χ2n) is 9.61. The number of aliphatic carboxylic acids is 1. The lowest BCUT2D eigenvalue weighted by atomic mass is 9.77. The molecule has 182 valence electrons. The second kappa shape index (κ2) is 9.41. The number of benzene rings is 1. The number of hydrogen-bond donors (Lipinski definition) is 2. The van der Waals surface area contributed by atoms with Crippen molar-refractivity contribution in [2.24, 2.45) is 0 Å². The minimum atomic E-state index is -0.995. The van der Waals surface area contributed by atoms with Crippen LogP contribution in [0.15, 0.2) is 24.4 Å². The van der Waals surface area contributed by atoms with Crippen LogP contribution in [-0.4, -0.2) is 40.9 Å². The molecule has 0 aliphatic heterocycles. The number of aromatic nitrogens is 1. The van der Waals surface area contributed by atoms with E-state index < -0.39 is 17.3 Å². The third-order valence-corrected chi connectivity index (χ3v) is 7.11. The van der Waals surface area contributed by atoms with Crippen LogP contribution in [0.5, 0.6) is 11.5 Å². The molecule has 1 heterocycles. The molecule has 8 heteroatoms. The van der Waals surface area contributed by atoms with Gasteiger partial charge in [0.15, 0.2) is 11.6 Å². The van der Waals surface area contributed by atoms with Crippen LogP contribution in [0, 0.1) is 5.82 Å². The largest absolute Gasteiger partial charge is 0.497 e. The van der Waals surface area contributed by atoms with Gasteiger partial charge in [-0.05, 0) is 62.6 Å². The first-order chi connectivity index (χ1) is 16.5. The van der Waals surface area contributed by atoms with Gasteiger partial charge in [0, 0.05) is 23.4 Å². The molecule has 3 aliphatic carbocycles. The van der Waals surface area contributed by atoms with E-state index in [0.29, 0.717) is 35.5 Å². The summed E-state index contributed by atoms with van der Waals surface area (Å²) in [5, 5.41) is 12.8. The molecule has 3 saturated carbocycles. The molecular formula is C26H31FN2O5. The Morgan fingerprint density at radius 3 is 2.50 bits per heavy atom. The zero-order chi connectivity index (χ0) is 23.7. The molecule has 34 heavy (non-hydrogen) atoms. The number of hydrogen-bond acceptors (Lipinski definition) is 6. The maximum atomic E-state index is 15.6. The van der Waals surface area contributed by atoms with Gasteiger partial charge in [0.2, 0.25) is 0 Å². The number of nitrogens with zero attached hydrogens (tertiary/aromatic N) is 1. The molecule has 0 spiro atoms. The van der Waals surface area contributed by atoms with E-state index in [1.807, 2.05) is 0 Å². The lowest BCUT2D eigenvalue weighted by Crippen LogP contribution is -2.52. The van der Waals surface area contributed by atoms with Crippen LogP contribution in [-0.2, 0) is 16.1 Å². The summed E-state index contributed by atoms with van der Waals surface area (Å²) >= 11 is 0. The number of carboxylic acids is 1. The van der Waals surface area contributed by atoms with Crippen LogP contribution in [0.25, 0.3) is 11.1 Å². The molecule has 3 fully saturated rings. The first-order valence-electron chi connectivity index (χ1n) is 12.1. The third-order valence-electron chi connectivity index (χ3n) is 7.11. The molecule has 0 unspecified atom stereocenters. The van der Waals surface area contributed by atoms with Gasteiger partial charge in [-0.1, -0.05) is 12.8 Å². The predicted molar refractivity (Wildman–Crippen MR) is 125 cm³/mol. The normalized spacial score (nSPS) is 19.5. The average Bonchev–Trinajstić information content (AvgIpc) is 3.46. The Hall–Kier alpha value is -2.87. The van der Waals surface area contributed by atoms with Gasteiger partial charge in [-0.25, -0.2) is 14.2 Å². The number of methoxy groups -OCH3 is 1. The van der Waals surface area contributed by atoms with Gasteiger partial charge in [0.25, 0.3) is 0 Å². The molecular weight excluding hydrogens is 439 g/mol. The lowest BCUT2D eigenvalue weighted by Gasteiger charge is -2.38. The van der Waals surface area contributed by atoms with E-state index in [9.17, 15) is 9.90 Å². The van der Waals surface area contributed by atoms with E-state index in [1.165, 1.54) is 7.11 Å². The molecule has 3 aliphatic rings. The van der Waals surface area contributed by atoms with Gasteiger partial charge in [0.05, 0.1) is 25.9 Å². The van der Waals surface area contributed by atoms with Gasteiger partial charge in [-0.3, -0.25) is 0 Å². The summed E-state index contributed by atoms with van der Waals surface area (Å²) in [7, 11) is 1.54. The van der Waals surface area contributed by atoms with Crippen LogP contribution in [0.1, 0.15) is 63.4 Å². The van der Waals surface area contributed by atoms with Crippen molar-refractivity contribution in [1.82, 2.24) is 4.98 Å². The van der Waals surface area contributed by atoms with Crippen LogP contribution in [0.2, 0.25) is 0 Å². The fourth-order valence-electron chi connectivity index (χ4n) is 4.70. The number of rotatable bonds is 10. The smallest absolute Gasteiger partial charge is 0.329 e. The van der Waals surface area contributed by atoms with E-state index >= 15 is 4.39 Å². The van der Waals surface area contributed by atoms with E-state index in [1.54, 1.807) is 24.4 Å². The third kappa shape index (κ3) is 4.69. The summed E-state index contributed by atoms with van der Waals surface area (Å²) in [4.78, 5) is 16.3. The minimum absolute atomic E-state index is 0.0408. The van der Waals surface area contributed by atoms with Crippen LogP contribution in [0.3, 0.4) is 0 Å². The summed E-state index contributed by atoms with van der Waals surface area (Å²) in [6.07, 6.45) is 9.91. The standard InChI is InChI=1S/C26H31FN2O5/c1-32-19-12-20(24(27)22(13-19)34-18-7-8-18)21-14-28-23(29-26(25(30)31)9-4-10-26)11-16(21)15-33-17-5-2-3-6-17/h11-14,17-18H,2-10,15H2,1H3,(H,28,29)(H,30,31). The maximum Gasteiger partial charge on any atom is 0.329 e. The second-order valence-corrected chi connectivity index (χ2v) is 9.61. The van der Waals surface area contributed by atoms with Gasteiger partial charge >= 0.3 is 5.97 Å². The van der Waals surface area contributed by atoms with Gasteiger partial charge in [-0.15, -0.1) is 0 Å². The molecule has 5 rings (SSSR count). The molecule has 0 saturated heterocycles. The molecule has 1 aromatic carbocycles. The summed E-state index contributed by atoms with van der Waals surface area (Å²) in [5.74, 6) is -0.224. The van der Waals surface area contributed by atoms with Gasteiger partial charge in [0.1, 0.15) is 17.1 Å². The number of pyridine rings is 1. The maximum absolute atomic E-state index is 15.6. The Bertz CT molecular complexity index is 1060. The first-order valence-corrected chi connectivity index (χ1v) is 12.1. The van der Waals surface area contributed by atoms with E-state index in [-0.39, 0.29) is 24.6 Å². The molecule has 2 aromatic rings. The topological polar surface area (TPSA) is 89.9 Å². The average molecular weight is 471 g/mol. The predicted octanol–water partition coefficient (Wildman–Crippen LogP) is 5.32. The van der Waals surface area contributed by atoms with Crippen molar-refractivity contribution in [3.05, 3.63) is 35.8 Å². The number of nitrogens with one attached hydrogen (secondary N) is 1. The molecule has 1 aromatic heterocycles. The highest BCUT2D eigenvalue weighted by Crippen LogP contribution is 2.40. The van der Waals surface area contributed by atoms with Crippen molar-refractivity contribution < 1.29 is 28.5 Å². The van der Waals surface area contributed by atoms with Crippen molar-refractivity contribution in [1.29, 1.82) is 0 Å². The van der Waals surface area contributed by atoms with E-state index in [2.05, 4.69) is 10.3 Å². The molecule has 2 N–H and O–H groups in total. The monoisotopic (exact) mass is 470 g/mol. The zero-order valence-corrected chi connectivity index (χ0v) is 19.4. The number of carboxylic acid groups (broad SMARTS) is 1. The summed E-state index contributed by atoms with van der Waals surface area (Å²) in [6.45, 7) is 0.284. The highest BCUT2D eigenvalue weighted by Gasteiger charge is 2.44. The van der Waals surface area contributed by atoms with Crippen molar-refractivity contribution >= 4 is 11.8 Å². The molecule has 0 amide bonds. The van der Waals surface area contributed by atoms with Crippen molar-refractivity contribution in [3.8, 4) is 22.6 Å². The minimum Gasteiger partial charge on any atom is -0.497 e. The van der Waals surface area contributed by atoms with Crippen LogP contribution < -0.4 is 14.8 Å². The van der Waals surface area contributed by atoms with Crippen molar-refractivity contribution in [2.45, 2.75) is 82.1 Å². The van der Waals surface area contributed by atoms with Crippen LogP contribution >= 0.6 is 0 Å². The highest BCUT2D eigenvalue weighted by molar-refractivity contribution is 5.84. The quantitative estimate of drug-likeness (QED) is 0.486. The number of anilines is 1. The highest BCUT2D eigenvalue weighted by atomic mass is 19.1. The Morgan fingerprint density at radius 1 is 1.12 bits per heavy atom. The van der Waals surface area contributed by atoms with Gasteiger partial charge < -0.3 is 24.6 Å². The van der Waals surface area contributed by atoms with Crippen molar-refractivity contribution in [3.63, 3.8) is 0 Å². The zero-order valence-electron chi connectivity index (χ0n) is 19.4. The van der Waals surface area contributed by atoms with Crippen molar-refractivity contribution in [2.75, 3.05) is 12.4 Å². The lowest BCUT2D eigenvalue weighted by molar-refractivity contribution is -0.145. The summed E-state index contributed by atoms with van der Waals surface area (Å²) in [5.41, 5.74) is 0.660. The molecule has 0 bridgehead atoms. The Labute approximate surface area is 198 Å². The first kappa shape index (κ1) is 22.9. The summed E-state index contributed by atoms with van der Waals surface area (Å²) < 4.78 is 33.0. The number of halogens is 1. The molecule has 7 nitrogen and oxygen atoms in total. The Balaban J connectivity index is 1.50. The van der Waals surface area contributed by atoms with Crippen LogP contribution in [0.4, 0.5) is 10.2 Å². The SMILES string of the molecule is COc1cc(OC2CC2)c(F)c(-c2cnc(NC3(C(=O)O)CCC3)cc2COC2CCCC2)c1. The Morgan fingerprint density at radius 2 is 1.88 bits per heavy atom. The Kier molecular flexibility index (Phi) is 6.34. The molecule has 0 radical (unpaired) electrons. The summed E-state index contributed by atoms with van der Waals surface area (Å²) in [6, 6.07) is 5.00. The fraction of sp³-hybridized carbons (Fsp3) is 0.538. The number of ether oxygens (including phenoxy) is 3. The van der Waals surface area contributed by atoms with E-state index in [4.69, 9.17) is 14.2 Å². The van der Waals surface area contributed by atoms with E-state index in [0.717, 1.165) is 50.5 Å². The van der Waals surface area contributed by atoms with Gasteiger partial charge in [-0.2, -0.15) is 0 Å². The fourth-order valence-corrected chi connectivity index (χ4v) is 4.70. The molecule has 0 atom stereocenters.